The molecule has 1 atom stereocenters. The molecule has 0 bridgehead atoms. The zero-order valence-corrected chi connectivity index (χ0v) is 13.3. The maximum Gasteiger partial charge on any atom is 0.180 e. The topological polar surface area (TPSA) is 32.8 Å². The number of hydrogen-bond acceptors (Lipinski definition) is 4. The molecule has 2 rings (SSSR count). The summed E-state index contributed by atoms with van der Waals surface area (Å²) in [5.74, 6) is 0.810. The molecule has 21 heavy (non-hydrogen) atoms. The van der Waals surface area contributed by atoms with Crippen molar-refractivity contribution >= 4 is 5.78 Å². The molecule has 1 heterocycles. The van der Waals surface area contributed by atoms with E-state index < -0.39 is 0 Å². The summed E-state index contributed by atoms with van der Waals surface area (Å²) >= 11 is 0. The Labute approximate surface area is 127 Å². The predicted molar refractivity (Wildman–Crippen MR) is 85.1 cm³/mol. The van der Waals surface area contributed by atoms with E-state index in [9.17, 15) is 4.79 Å². The van der Waals surface area contributed by atoms with Gasteiger partial charge in [-0.2, -0.15) is 0 Å². The van der Waals surface area contributed by atoms with Gasteiger partial charge < -0.3 is 4.74 Å². The first-order valence-electron chi connectivity index (χ1n) is 7.78. The van der Waals surface area contributed by atoms with Gasteiger partial charge in [0.1, 0.15) is 5.75 Å². The number of nitrogens with zero attached hydrogens (tertiary/aromatic N) is 2. The third-order valence-corrected chi connectivity index (χ3v) is 4.40. The Balaban J connectivity index is 1.90. The van der Waals surface area contributed by atoms with E-state index >= 15 is 0 Å². The number of methoxy groups -OCH3 is 1. The van der Waals surface area contributed by atoms with E-state index in [1.54, 1.807) is 7.11 Å². The summed E-state index contributed by atoms with van der Waals surface area (Å²) in [5.41, 5.74) is 0.685. The molecule has 0 saturated carbocycles. The molecule has 4 heteroatoms. The lowest BCUT2D eigenvalue weighted by molar-refractivity contribution is 0.0782. The number of carbonyl (C=O) groups excluding carboxylic acids is 1. The van der Waals surface area contributed by atoms with Crippen LogP contribution < -0.4 is 4.74 Å². The van der Waals surface area contributed by atoms with Crippen molar-refractivity contribution in [3.05, 3.63) is 29.8 Å². The number of benzene rings is 1. The van der Waals surface area contributed by atoms with E-state index in [0.29, 0.717) is 23.9 Å². The van der Waals surface area contributed by atoms with Crippen LogP contribution in [0.3, 0.4) is 0 Å². The molecule has 1 saturated heterocycles. The molecule has 1 aromatic carbocycles. The van der Waals surface area contributed by atoms with Crippen LogP contribution in [-0.2, 0) is 0 Å². The predicted octanol–water partition coefficient (Wildman–Crippen LogP) is 2.29. The van der Waals surface area contributed by atoms with Crippen molar-refractivity contribution in [2.45, 2.75) is 26.3 Å². The Morgan fingerprint density at radius 3 is 2.52 bits per heavy atom. The van der Waals surface area contributed by atoms with E-state index in [-0.39, 0.29) is 5.78 Å². The molecule has 0 spiro atoms. The highest BCUT2D eigenvalue weighted by atomic mass is 16.5. The summed E-state index contributed by atoms with van der Waals surface area (Å²) in [4.78, 5) is 17.2. The van der Waals surface area contributed by atoms with E-state index in [1.807, 2.05) is 24.3 Å². The Kier molecular flexibility index (Phi) is 5.76. The highest BCUT2D eigenvalue weighted by Gasteiger charge is 2.22. The summed E-state index contributed by atoms with van der Waals surface area (Å²) in [7, 11) is 1.61. The van der Waals surface area contributed by atoms with Gasteiger partial charge in [-0.15, -0.1) is 0 Å². The van der Waals surface area contributed by atoms with Gasteiger partial charge in [0.05, 0.1) is 19.2 Å². The van der Waals surface area contributed by atoms with Crippen molar-refractivity contribution in [2.24, 2.45) is 0 Å². The first-order chi connectivity index (χ1) is 10.2. The SMILES string of the molecule is CCC(C)N1CCN(CC(=O)c2ccccc2OC)CC1. The van der Waals surface area contributed by atoms with Crippen molar-refractivity contribution in [1.29, 1.82) is 0 Å². The summed E-state index contributed by atoms with van der Waals surface area (Å²) in [6.07, 6.45) is 1.18. The van der Waals surface area contributed by atoms with Crippen LogP contribution in [0.25, 0.3) is 0 Å². The number of hydrogen-bond donors (Lipinski definition) is 0. The zero-order valence-electron chi connectivity index (χ0n) is 13.3. The molecule has 1 aliphatic heterocycles. The average molecular weight is 290 g/mol. The Bertz CT molecular complexity index is 468. The first-order valence-corrected chi connectivity index (χ1v) is 7.78. The third-order valence-electron chi connectivity index (χ3n) is 4.40. The fraction of sp³-hybridized carbons (Fsp3) is 0.588. The van der Waals surface area contributed by atoms with Crippen molar-refractivity contribution in [3.63, 3.8) is 0 Å². The molecule has 1 aromatic rings. The molecule has 0 amide bonds. The quantitative estimate of drug-likeness (QED) is 0.753. The van der Waals surface area contributed by atoms with Gasteiger partial charge in [0.15, 0.2) is 5.78 Å². The molecular weight excluding hydrogens is 264 g/mol. The lowest BCUT2D eigenvalue weighted by atomic mass is 10.1. The van der Waals surface area contributed by atoms with Crippen LogP contribution in [0.5, 0.6) is 5.75 Å². The van der Waals surface area contributed by atoms with E-state index in [0.717, 1.165) is 26.2 Å². The van der Waals surface area contributed by atoms with Gasteiger partial charge in [-0.05, 0) is 25.5 Å². The lowest BCUT2D eigenvalue weighted by Gasteiger charge is -2.37. The van der Waals surface area contributed by atoms with E-state index in [1.165, 1.54) is 6.42 Å². The minimum absolute atomic E-state index is 0.143. The minimum Gasteiger partial charge on any atom is -0.496 e. The molecule has 0 aromatic heterocycles. The van der Waals surface area contributed by atoms with E-state index in [4.69, 9.17) is 4.74 Å². The number of piperazine rings is 1. The molecule has 4 nitrogen and oxygen atoms in total. The van der Waals surface area contributed by atoms with Crippen LogP contribution in [0.2, 0.25) is 0 Å². The fourth-order valence-electron chi connectivity index (χ4n) is 2.78. The maximum absolute atomic E-state index is 12.4. The zero-order chi connectivity index (χ0) is 15.2. The van der Waals surface area contributed by atoms with Gasteiger partial charge in [0.2, 0.25) is 0 Å². The molecule has 116 valence electrons. The lowest BCUT2D eigenvalue weighted by Crippen LogP contribution is -2.50. The monoisotopic (exact) mass is 290 g/mol. The molecular formula is C17H26N2O2. The summed E-state index contributed by atoms with van der Waals surface area (Å²) in [6, 6.07) is 8.10. The van der Waals surface area contributed by atoms with Crippen LogP contribution in [0.15, 0.2) is 24.3 Å². The van der Waals surface area contributed by atoms with Crippen LogP contribution in [0.4, 0.5) is 0 Å². The van der Waals surface area contributed by atoms with Crippen molar-refractivity contribution in [2.75, 3.05) is 39.8 Å². The number of ketones is 1. The van der Waals surface area contributed by atoms with Crippen molar-refractivity contribution in [3.8, 4) is 5.75 Å². The fourth-order valence-corrected chi connectivity index (χ4v) is 2.78. The van der Waals surface area contributed by atoms with Gasteiger partial charge in [-0.3, -0.25) is 14.6 Å². The second-order valence-electron chi connectivity index (χ2n) is 5.69. The highest BCUT2D eigenvalue weighted by molar-refractivity contribution is 6.00. The number of Topliss-reactive ketones (excluding diaryl/α,β-unsaturated/α-hetero) is 1. The van der Waals surface area contributed by atoms with Crippen LogP contribution in [0, 0.1) is 0 Å². The molecule has 1 aliphatic rings. The Hall–Kier alpha value is -1.39. The van der Waals surface area contributed by atoms with Gasteiger partial charge in [-0.25, -0.2) is 0 Å². The molecule has 0 N–H and O–H groups in total. The standard InChI is InChI=1S/C17H26N2O2/c1-4-14(2)19-11-9-18(10-12-19)13-16(20)15-7-5-6-8-17(15)21-3/h5-8,14H,4,9-13H2,1-3H3. The van der Waals surface area contributed by atoms with Crippen LogP contribution in [0.1, 0.15) is 30.6 Å². The maximum atomic E-state index is 12.4. The second kappa shape index (κ2) is 7.57. The normalized spacial score (nSPS) is 18.4. The second-order valence-corrected chi connectivity index (χ2v) is 5.69. The minimum atomic E-state index is 0.143. The largest absolute Gasteiger partial charge is 0.496 e. The number of ether oxygens (including phenoxy) is 1. The average Bonchev–Trinajstić information content (AvgIpc) is 2.54. The highest BCUT2D eigenvalue weighted by Crippen LogP contribution is 2.18. The van der Waals surface area contributed by atoms with Crippen molar-refractivity contribution in [1.82, 2.24) is 9.80 Å². The van der Waals surface area contributed by atoms with Crippen LogP contribution >= 0.6 is 0 Å². The van der Waals surface area contributed by atoms with Gasteiger partial charge in [0.25, 0.3) is 0 Å². The van der Waals surface area contributed by atoms with Gasteiger partial charge >= 0.3 is 0 Å². The van der Waals surface area contributed by atoms with Gasteiger partial charge in [0, 0.05) is 32.2 Å². The Morgan fingerprint density at radius 2 is 1.90 bits per heavy atom. The summed E-state index contributed by atoms with van der Waals surface area (Å²) in [6.45, 7) is 9.01. The number of carbonyl (C=O) groups is 1. The number of rotatable bonds is 6. The third kappa shape index (κ3) is 4.05. The molecule has 1 fully saturated rings. The van der Waals surface area contributed by atoms with Gasteiger partial charge in [-0.1, -0.05) is 19.1 Å². The Morgan fingerprint density at radius 1 is 1.24 bits per heavy atom. The van der Waals surface area contributed by atoms with Crippen molar-refractivity contribution < 1.29 is 9.53 Å². The van der Waals surface area contributed by atoms with E-state index in [2.05, 4.69) is 23.6 Å². The van der Waals surface area contributed by atoms with Crippen LogP contribution in [-0.4, -0.2) is 61.5 Å². The smallest absolute Gasteiger partial charge is 0.180 e. The molecule has 0 radical (unpaired) electrons. The summed E-state index contributed by atoms with van der Waals surface area (Å²) < 4.78 is 5.27. The summed E-state index contributed by atoms with van der Waals surface area (Å²) in [5, 5.41) is 0. The molecule has 1 unspecified atom stereocenters. The first kappa shape index (κ1) is 16.0. The molecule has 0 aliphatic carbocycles. The number of para-hydroxylation sites is 1.